The number of ether oxygens (including phenoxy) is 1. The summed E-state index contributed by atoms with van der Waals surface area (Å²) in [7, 11) is 0. The van der Waals surface area contributed by atoms with Crippen molar-refractivity contribution in [3.8, 4) is 17.0 Å². The minimum absolute atomic E-state index is 0.210. The molecule has 2 nitrogen and oxygen atoms in total. The molecule has 1 aromatic carbocycles. The predicted octanol–water partition coefficient (Wildman–Crippen LogP) is 4.67. The van der Waals surface area contributed by atoms with Gasteiger partial charge < -0.3 is 4.74 Å². The zero-order valence-corrected chi connectivity index (χ0v) is 10.2. The molecule has 0 atom stereocenters. The van der Waals surface area contributed by atoms with E-state index in [4.69, 9.17) is 0 Å². The molecule has 112 valence electrons. The van der Waals surface area contributed by atoms with Crippen molar-refractivity contribution < 1.29 is 31.1 Å². The molecule has 0 aliphatic carbocycles. The molecule has 0 unspecified atom stereocenters. The van der Waals surface area contributed by atoms with E-state index >= 15 is 0 Å². The SMILES string of the molecule is FC(F)(F)Oc1ccc(-c2ccc(C(F)(F)F)cn2)cc1. The van der Waals surface area contributed by atoms with Crippen LogP contribution in [-0.4, -0.2) is 11.3 Å². The lowest BCUT2D eigenvalue weighted by molar-refractivity contribution is -0.274. The van der Waals surface area contributed by atoms with Gasteiger partial charge in [0, 0.05) is 11.8 Å². The van der Waals surface area contributed by atoms with E-state index < -0.39 is 23.9 Å². The van der Waals surface area contributed by atoms with Crippen molar-refractivity contribution in [1.29, 1.82) is 0 Å². The van der Waals surface area contributed by atoms with E-state index in [1.807, 2.05) is 0 Å². The molecule has 0 aliphatic rings. The molecule has 0 spiro atoms. The van der Waals surface area contributed by atoms with Gasteiger partial charge in [0.05, 0.1) is 11.3 Å². The number of aromatic nitrogens is 1. The fourth-order valence-corrected chi connectivity index (χ4v) is 1.56. The molecule has 0 saturated carbocycles. The Balaban J connectivity index is 2.19. The van der Waals surface area contributed by atoms with Crippen LogP contribution in [-0.2, 0) is 6.18 Å². The fraction of sp³-hybridized carbons (Fsp3) is 0.154. The number of hydrogen-bond donors (Lipinski definition) is 0. The molecule has 2 aromatic rings. The van der Waals surface area contributed by atoms with Gasteiger partial charge in [-0.1, -0.05) is 0 Å². The third kappa shape index (κ3) is 4.11. The first-order chi connectivity index (χ1) is 9.65. The minimum Gasteiger partial charge on any atom is -0.406 e. The van der Waals surface area contributed by atoms with Gasteiger partial charge in [0.25, 0.3) is 0 Å². The van der Waals surface area contributed by atoms with Crippen LogP contribution in [0.3, 0.4) is 0 Å². The van der Waals surface area contributed by atoms with Crippen LogP contribution in [0.4, 0.5) is 26.3 Å². The number of alkyl halides is 6. The van der Waals surface area contributed by atoms with Crippen molar-refractivity contribution in [2.45, 2.75) is 12.5 Å². The van der Waals surface area contributed by atoms with Crippen LogP contribution in [0, 0.1) is 0 Å². The Labute approximate surface area is 115 Å². The number of rotatable bonds is 2. The number of benzene rings is 1. The van der Waals surface area contributed by atoms with Crippen molar-refractivity contribution in [2.24, 2.45) is 0 Å². The molecule has 0 aliphatic heterocycles. The van der Waals surface area contributed by atoms with E-state index in [0.717, 1.165) is 24.3 Å². The number of nitrogens with zero attached hydrogens (tertiary/aromatic N) is 1. The second kappa shape index (κ2) is 5.27. The average Bonchev–Trinajstić information content (AvgIpc) is 2.37. The Bertz CT molecular complexity index is 601. The van der Waals surface area contributed by atoms with Crippen LogP contribution in [0.5, 0.6) is 5.75 Å². The average molecular weight is 307 g/mol. The normalized spacial score (nSPS) is 12.3. The molecule has 0 fully saturated rings. The van der Waals surface area contributed by atoms with E-state index in [2.05, 4.69) is 9.72 Å². The van der Waals surface area contributed by atoms with E-state index in [-0.39, 0.29) is 5.69 Å². The fourth-order valence-electron chi connectivity index (χ4n) is 1.56. The molecule has 0 saturated heterocycles. The summed E-state index contributed by atoms with van der Waals surface area (Å²) in [6.07, 6.45) is -8.63. The van der Waals surface area contributed by atoms with Crippen LogP contribution in [0.2, 0.25) is 0 Å². The molecule has 1 heterocycles. The number of hydrogen-bond acceptors (Lipinski definition) is 2. The van der Waals surface area contributed by atoms with Crippen molar-refractivity contribution in [3.05, 3.63) is 48.2 Å². The molecule has 2 rings (SSSR count). The summed E-state index contributed by atoms with van der Waals surface area (Å²) < 4.78 is 76.7. The quantitative estimate of drug-likeness (QED) is 0.752. The zero-order valence-electron chi connectivity index (χ0n) is 10.2. The maximum absolute atomic E-state index is 12.4. The summed E-state index contributed by atoms with van der Waals surface area (Å²) in [6, 6.07) is 6.66. The van der Waals surface area contributed by atoms with E-state index in [9.17, 15) is 26.3 Å². The third-order valence-electron chi connectivity index (χ3n) is 2.47. The van der Waals surface area contributed by atoms with Crippen molar-refractivity contribution in [1.82, 2.24) is 4.98 Å². The highest BCUT2D eigenvalue weighted by atomic mass is 19.4. The smallest absolute Gasteiger partial charge is 0.406 e. The monoisotopic (exact) mass is 307 g/mol. The summed E-state index contributed by atoms with van der Waals surface area (Å²) in [4.78, 5) is 3.64. The van der Waals surface area contributed by atoms with Crippen molar-refractivity contribution in [2.75, 3.05) is 0 Å². The van der Waals surface area contributed by atoms with Crippen LogP contribution in [0.1, 0.15) is 5.56 Å². The minimum atomic E-state index is -4.80. The summed E-state index contributed by atoms with van der Waals surface area (Å²) >= 11 is 0. The van der Waals surface area contributed by atoms with Gasteiger partial charge in [-0.05, 0) is 36.4 Å². The molecule has 8 heteroatoms. The topological polar surface area (TPSA) is 22.1 Å². The van der Waals surface area contributed by atoms with Gasteiger partial charge in [-0.3, -0.25) is 4.98 Å². The lowest BCUT2D eigenvalue weighted by Gasteiger charge is -2.09. The van der Waals surface area contributed by atoms with Crippen LogP contribution in [0.25, 0.3) is 11.3 Å². The maximum Gasteiger partial charge on any atom is 0.573 e. The van der Waals surface area contributed by atoms with Gasteiger partial charge in [-0.25, -0.2) is 0 Å². The van der Waals surface area contributed by atoms with Gasteiger partial charge >= 0.3 is 12.5 Å². The Morgan fingerprint density at radius 1 is 0.810 bits per heavy atom. The summed E-state index contributed by atoms with van der Waals surface area (Å²) in [5.41, 5.74) is -0.317. The van der Waals surface area contributed by atoms with Crippen LogP contribution < -0.4 is 4.74 Å². The van der Waals surface area contributed by atoms with Gasteiger partial charge in [0.15, 0.2) is 0 Å². The molecular weight excluding hydrogens is 300 g/mol. The second-order valence-electron chi connectivity index (χ2n) is 4.00. The summed E-state index contributed by atoms with van der Waals surface area (Å²) in [6.45, 7) is 0. The summed E-state index contributed by atoms with van der Waals surface area (Å²) in [5, 5.41) is 0. The summed E-state index contributed by atoms with van der Waals surface area (Å²) in [5.74, 6) is -0.418. The molecule has 0 radical (unpaired) electrons. The first-order valence-corrected chi connectivity index (χ1v) is 5.54. The molecule has 0 N–H and O–H groups in total. The predicted molar refractivity (Wildman–Crippen MR) is 61.4 cm³/mol. The lowest BCUT2D eigenvalue weighted by Crippen LogP contribution is -2.16. The molecule has 0 amide bonds. The van der Waals surface area contributed by atoms with E-state index in [1.54, 1.807) is 0 Å². The first-order valence-electron chi connectivity index (χ1n) is 5.54. The second-order valence-corrected chi connectivity index (χ2v) is 4.00. The first kappa shape index (κ1) is 15.1. The van der Waals surface area contributed by atoms with Crippen molar-refractivity contribution in [3.63, 3.8) is 0 Å². The van der Waals surface area contributed by atoms with Crippen molar-refractivity contribution >= 4 is 0 Å². The number of halogens is 6. The molecule has 1 aromatic heterocycles. The Morgan fingerprint density at radius 2 is 1.43 bits per heavy atom. The zero-order chi connectivity index (χ0) is 15.7. The molecule has 0 bridgehead atoms. The third-order valence-corrected chi connectivity index (χ3v) is 2.47. The number of pyridine rings is 1. The standard InChI is InChI=1S/C13H7F6NO/c14-12(15,16)9-3-6-11(20-7-9)8-1-4-10(5-2-8)21-13(17,18)19/h1-7H. The highest BCUT2D eigenvalue weighted by Crippen LogP contribution is 2.30. The Hall–Kier alpha value is -2.25. The van der Waals surface area contributed by atoms with Gasteiger partial charge in [-0.2, -0.15) is 13.2 Å². The van der Waals surface area contributed by atoms with Gasteiger partial charge in [-0.15, -0.1) is 13.2 Å². The Morgan fingerprint density at radius 3 is 1.86 bits per heavy atom. The van der Waals surface area contributed by atoms with E-state index in [1.165, 1.54) is 12.1 Å². The molecular formula is C13H7F6NO. The molecule has 21 heavy (non-hydrogen) atoms. The lowest BCUT2D eigenvalue weighted by atomic mass is 10.1. The van der Waals surface area contributed by atoms with Gasteiger partial charge in [0.2, 0.25) is 0 Å². The van der Waals surface area contributed by atoms with Gasteiger partial charge in [0.1, 0.15) is 5.75 Å². The Kier molecular flexibility index (Phi) is 3.80. The highest BCUT2D eigenvalue weighted by molar-refractivity contribution is 5.60. The largest absolute Gasteiger partial charge is 0.573 e. The maximum atomic E-state index is 12.4. The van der Waals surface area contributed by atoms with E-state index in [0.29, 0.717) is 11.8 Å². The highest BCUT2D eigenvalue weighted by Gasteiger charge is 2.31. The van der Waals surface area contributed by atoms with Crippen LogP contribution >= 0.6 is 0 Å². The van der Waals surface area contributed by atoms with Crippen LogP contribution in [0.15, 0.2) is 42.6 Å².